The van der Waals surface area contributed by atoms with E-state index < -0.39 is 0 Å². The summed E-state index contributed by atoms with van der Waals surface area (Å²) in [6, 6.07) is 8.29. The minimum atomic E-state index is 0.283. The number of unbranched alkanes of at least 4 members (excludes halogenated alkanes) is 1. The molecule has 0 fully saturated rings. The summed E-state index contributed by atoms with van der Waals surface area (Å²) in [5.41, 5.74) is 7.34. The zero-order valence-electron chi connectivity index (χ0n) is 13.5. The van der Waals surface area contributed by atoms with Gasteiger partial charge in [-0.15, -0.1) is 0 Å². The predicted octanol–water partition coefficient (Wildman–Crippen LogP) is 3.28. The highest BCUT2D eigenvalue weighted by atomic mass is 16.5. The lowest BCUT2D eigenvalue weighted by molar-refractivity contribution is 0.289. The molecule has 0 unspecified atom stereocenters. The fraction of sp³-hybridized carbons (Fsp3) is 0.647. The van der Waals surface area contributed by atoms with E-state index in [0.717, 1.165) is 25.4 Å². The first-order valence-corrected chi connectivity index (χ1v) is 7.48. The van der Waals surface area contributed by atoms with Crippen molar-refractivity contribution < 1.29 is 4.74 Å². The average molecular weight is 278 g/mol. The summed E-state index contributed by atoms with van der Waals surface area (Å²) < 4.78 is 5.25. The molecule has 1 aromatic rings. The van der Waals surface area contributed by atoms with E-state index in [9.17, 15) is 0 Å². The number of ether oxygens (including phenoxy) is 1. The highest BCUT2D eigenvalue weighted by Crippen LogP contribution is 2.21. The second kappa shape index (κ2) is 8.28. The number of methoxy groups -OCH3 is 1. The van der Waals surface area contributed by atoms with Gasteiger partial charge in [0.1, 0.15) is 5.75 Å². The van der Waals surface area contributed by atoms with Gasteiger partial charge in [0.15, 0.2) is 0 Å². The van der Waals surface area contributed by atoms with E-state index in [0.29, 0.717) is 0 Å². The molecule has 0 saturated carbocycles. The van der Waals surface area contributed by atoms with Gasteiger partial charge in [0.05, 0.1) is 7.11 Å². The van der Waals surface area contributed by atoms with Gasteiger partial charge in [-0.25, -0.2) is 0 Å². The molecule has 3 nitrogen and oxygen atoms in total. The van der Waals surface area contributed by atoms with E-state index in [2.05, 4.69) is 37.9 Å². The van der Waals surface area contributed by atoms with Gasteiger partial charge in [-0.2, -0.15) is 0 Å². The summed E-state index contributed by atoms with van der Waals surface area (Å²) in [5.74, 6) is 0.931. The maximum atomic E-state index is 5.76. The number of benzene rings is 1. The summed E-state index contributed by atoms with van der Waals surface area (Å²) in [7, 11) is 3.88. The second-order valence-corrected chi connectivity index (χ2v) is 6.41. The van der Waals surface area contributed by atoms with Gasteiger partial charge in [-0.3, -0.25) is 0 Å². The Labute approximate surface area is 124 Å². The monoisotopic (exact) mass is 278 g/mol. The Hall–Kier alpha value is -1.06. The van der Waals surface area contributed by atoms with Gasteiger partial charge in [0.25, 0.3) is 0 Å². The molecular formula is C17H30N2O. The summed E-state index contributed by atoms with van der Waals surface area (Å²) in [6.45, 7) is 7.35. The fourth-order valence-corrected chi connectivity index (χ4v) is 2.25. The molecule has 0 radical (unpaired) electrons. The van der Waals surface area contributed by atoms with Gasteiger partial charge in [0.2, 0.25) is 0 Å². The fourth-order valence-electron chi connectivity index (χ4n) is 2.25. The van der Waals surface area contributed by atoms with E-state index in [1.165, 1.54) is 24.8 Å². The molecule has 3 heteroatoms. The Morgan fingerprint density at radius 1 is 1.25 bits per heavy atom. The highest BCUT2D eigenvalue weighted by Gasteiger charge is 2.14. The normalized spacial score (nSPS) is 11.9. The Kier molecular flexibility index (Phi) is 7.03. The molecule has 0 atom stereocenters. The number of rotatable bonds is 9. The van der Waals surface area contributed by atoms with Crippen molar-refractivity contribution in [2.45, 2.75) is 39.7 Å². The van der Waals surface area contributed by atoms with Crippen LogP contribution >= 0.6 is 0 Å². The second-order valence-electron chi connectivity index (χ2n) is 6.41. The molecule has 20 heavy (non-hydrogen) atoms. The molecule has 1 aromatic carbocycles. The van der Waals surface area contributed by atoms with Crippen molar-refractivity contribution in [3.05, 3.63) is 29.8 Å². The van der Waals surface area contributed by atoms with E-state index in [4.69, 9.17) is 10.5 Å². The van der Waals surface area contributed by atoms with Gasteiger partial charge in [-0.05, 0) is 56.1 Å². The quantitative estimate of drug-likeness (QED) is 0.705. The Balaban J connectivity index is 2.28. The molecule has 0 aromatic heterocycles. The van der Waals surface area contributed by atoms with E-state index >= 15 is 0 Å². The first-order chi connectivity index (χ1) is 9.46. The zero-order valence-corrected chi connectivity index (χ0v) is 13.5. The topological polar surface area (TPSA) is 38.5 Å². The van der Waals surface area contributed by atoms with Crippen LogP contribution in [0.25, 0.3) is 0 Å². The average Bonchev–Trinajstić information content (AvgIpc) is 2.44. The van der Waals surface area contributed by atoms with Crippen molar-refractivity contribution in [1.29, 1.82) is 0 Å². The Bertz CT molecular complexity index is 390. The van der Waals surface area contributed by atoms with Crippen LogP contribution in [-0.2, 0) is 6.54 Å². The third kappa shape index (κ3) is 6.40. The minimum Gasteiger partial charge on any atom is -0.497 e. The molecule has 0 aliphatic carbocycles. The molecule has 1 rings (SSSR count). The molecule has 0 bridgehead atoms. The van der Waals surface area contributed by atoms with Crippen LogP contribution in [0.2, 0.25) is 0 Å². The molecule has 114 valence electrons. The summed E-state index contributed by atoms with van der Waals surface area (Å²) in [5, 5.41) is 0. The number of nitrogens with two attached hydrogens (primary N) is 1. The molecule has 0 saturated heterocycles. The third-order valence-corrected chi connectivity index (χ3v) is 3.78. The number of hydrogen-bond acceptors (Lipinski definition) is 3. The van der Waals surface area contributed by atoms with Crippen molar-refractivity contribution >= 4 is 0 Å². The first-order valence-electron chi connectivity index (χ1n) is 7.48. The van der Waals surface area contributed by atoms with Crippen molar-refractivity contribution in [2.75, 3.05) is 27.2 Å². The number of hydrogen-bond donors (Lipinski definition) is 1. The van der Waals surface area contributed by atoms with E-state index in [1.807, 2.05) is 12.1 Å². The third-order valence-electron chi connectivity index (χ3n) is 3.78. The van der Waals surface area contributed by atoms with Crippen LogP contribution in [-0.4, -0.2) is 32.1 Å². The van der Waals surface area contributed by atoms with Crippen molar-refractivity contribution in [1.82, 2.24) is 4.90 Å². The lowest BCUT2D eigenvalue weighted by atomic mass is 9.87. The molecular weight excluding hydrogens is 248 g/mol. The van der Waals surface area contributed by atoms with E-state index in [1.54, 1.807) is 7.11 Å². The predicted molar refractivity (Wildman–Crippen MR) is 86.0 cm³/mol. The minimum absolute atomic E-state index is 0.283. The van der Waals surface area contributed by atoms with Crippen molar-refractivity contribution in [2.24, 2.45) is 11.1 Å². The Morgan fingerprint density at radius 3 is 2.65 bits per heavy atom. The van der Waals surface area contributed by atoms with Gasteiger partial charge >= 0.3 is 0 Å². The van der Waals surface area contributed by atoms with Gasteiger partial charge < -0.3 is 15.4 Å². The van der Waals surface area contributed by atoms with Crippen LogP contribution in [0.15, 0.2) is 24.3 Å². The van der Waals surface area contributed by atoms with Gasteiger partial charge in [0, 0.05) is 6.54 Å². The van der Waals surface area contributed by atoms with Crippen LogP contribution in [0.3, 0.4) is 0 Å². The van der Waals surface area contributed by atoms with Crippen LogP contribution in [0, 0.1) is 5.41 Å². The summed E-state index contributed by atoms with van der Waals surface area (Å²) in [6.07, 6.45) is 3.67. The zero-order chi connectivity index (χ0) is 15.0. The maximum absolute atomic E-state index is 5.76. The van der Waals surface area contributed by atoms with Crippen molar-refractivity contribution in [3.63, 3.8) is 0 Å². The number of nitrogens with zero attached hydrogens (tertiary/aromatic N) is 1. The van der Waals surface area contributed by atoms with Gasteiger partial charge in [-0.1, -0.05) is 32.4 Å². The lowest BCUT2D eigenvalue weighted by Gasteiger charge is -2.23. The molecule has 0 aliphatic rings. The molecule has 0 spiro atoms. The van der Waals surface area contributed by atoms with Crippen LogP contribution < -0.4 is 10.5 Å². The standard InChI is InChI=1S/C17H30N2O/c1-17(2,14-18)10-5-6-11-19(3)13-15-8-7-9-16(12-15)20-4/h7-9,12H,5-6,10-11,13-14,18H2,1-4H3. The first kappa shape index (κ1) is 17.0. The smallest absolute Gasteiger partial charge is 0.119 e. The maximum Gasteiger partial charge on any atom is 0.119 e. The largest absolute Gasteiger partial charge is 0.497 e. The summed E-state index contributed by atoms with van der Waals surface area (Å²) in [4.78, 5) is 2.37. The molecule has 0 heterocycles. The molecule has 0 amide bonds. The van der Waals surface area contributed by atoms with Crippen LogP contribution in [0.1, 0.15) is 38.7 Å². The SMILES string of the molecule is COc1cccc(CN(C)CCCCC(C)(C)CN)c1. The van der Waals surface area contributed by atoms with Crippen LogP contribution in [0.5, 0.6) is 5.75 Å². The summed E-state index contributed by atoms with van der Waals surface area (Å²) >= 11 is 0. The van der Waals surface area contributed by atoms with Crippen molar-refractivity contribution in [3.8, 4) is 5.75 Å². The van der Waals surface area contributed by atoms with E-state index in [-0.39, 0.29) is 5.41 Å². The van der Waals surface area contributed by atoms with Crippen LogP contribution in [0.4, 0.5) is 0 Å². The highest BCUT2D eigenvalue weighted by molar-refractivity contribution is 5.28. The molecule has 0 aliphatic heterocycles. The molecule has 2 N–H and O–H groups in total. The Morgan fingerprint density at radius 2 is 2.00 bits per heavy atom. The lowest BCUT2D eigenvalue weighted by Crippen LogP contribution is -2.24.